The first kappa shape index (κ1) is 11.9. The van der Waals surface area contributed by atoms with Crippen molar-refractivity contribution in [3.8, 4) is 0 Å². The second-order valence-electron chi connectivity index (χ2n) is 3.28. The number of hydrogen-bond donors (Lipinski definition) is 1. The van der Waals surface area contributed by atoms with E-state index in [0.29, 0.717) is 10.7 Å². The van der Waals surface area contributed by atoms with Crippen LogP contribution in [0.15, 0.2) is 29.9 Å². The van der Waals surface area contributed by atoms with Crippen molar-refractivity contribution in [1.82, 2.24) is 4.98 Å². The summed E-state index contributed by atoms with van der Waals surface area (Å²) < 4.78 is 5.10. The first-order valence-corrected chi connectivity index (χ1v) is 6.02. The summed E-state index contributed by atoms with van der Waals surface area (Å²) in [5, 5.41) is 0.448. The molecular weight excluding hydrogens is 260 g/mol. The zero-order valence-corrected chi connectivity index (χ0v) is 10.3. The maximum Gasteiger partial charge on any atom is 0.340 e. The lowest BCUT2D eigenvalue weighted by Crippen LogP contribution is -2.07. The Hall–Kier alpha value is -1.59. The number of nitrogens with two attached hydrogens (primary N) is 1. The molecule has 0 unspecified atom stereocenters. The molecule has 0 atom stereocenters. The third-order valence-electron chi connectivity index (χ3n) is 2.06. The van der Waals surface area contributed by atoms with Gasteiger partial charge in [-0.3, -0.25) is 4.98 Å². The number of nitrogens with zero attached hydrogens (tertiary/aromatic N) is 1. The molecule has 88 valence electrons. The van der Waals surface area contributed by atoms with E-state index in [0.717, 1.165) is 4.88 Å². The lowest BCUT2D eigenvalue weighted by molar-refractivity contribution is 0.0478. The highest BCUT2D eigenvalue weighted by Gasteiger charge is 2.12. The van der Waals surface area contributed by atoms with Gasteiger partial charge in [-0.1, -0.05) is 11.6 Å². The molecule has 2 N–H and O–H groups in total. The van der Waals surface area contributed by atoms with E-state index in [1.807, 2.05) is 0 Å². The van der Waals surface area contributed by atoms with Gasteiger partial charge in [-0.05, 0) is 18.2 Å². The van der Waals surface area contributed by atoms with Gasteiger partial charge >= 0.3 is 5.97 Å². The van der Waals surface area contributed by atoms with Crippen LogP contribution in [0.1, 0.15) is 15.2 Å². The van der Waals surface area contributed by atoms with Gasteiger partial charge in [0.15, 0.2) is 0 Å². The molecule has 0 saturated carbocycles. The molecule has 1 aromatic carbocycles. The number of benzene rings is 1. The zero-order chi connectivity index (χ0) is 12.3. The molecule has 0 aliphatic carbocycles. The molecular formula is C11H9ClN2O2S. The van der Waals surface area contributed by atoms with Gasteiger partial charge < -0.3 is 10.5 Å². The minimum Gasteiger partial charge on any atom is -0.456 e. The van der Waals surface area contributed by atoms with E-state index < -0.39 is 5.97 Å². The first-order valence-electron chi connectivity index (χ1n) is 4.76. The predicted molar refractivity (Wildman–Crippen MR) is 67.1 cm³/mol. The fourth-order valence-electron chi connectivity index (χ4n) is 1.23. The van der Waals surface area contributed by atoms with Crippen molar-refractivity contribution in [1.29, 1.82) is 0 Å². The SMILES string of the molecule is Nc1ccc(Cl)cc1C(=O)OCc1cncs1. The highest BCUT2D eigenvalue weighted by molar-refractivity contribution is 7.09. The molecule has 2 aromatic rings. The van der Waals surface area contributed by atoms with Crippen LogP contribution in [-0.4, -0.2) is 11.0 Å². The van der Waals surface area contributed by atoms with Crippen molar-refractivity contribution in [2.75, 3.05) is 5.73 Å². The minimum atomic E-state index is -0.488. The number of thiazole rings is 1. The molecule has 2 rings (SSSR count). The van der Waals surface area contributed by atoms with Crippen molar-refractivity contribution in [3.05, 3.63) is 45.4 Å². The lowest BCUT2D eigenvalue weighted by Gasteiger charge is -2.06. The molecule has 0 fully saturated rings. The number of anilines is 1. The van der Waals surface area contributed by atoms with E-state index in [2.05, 4.69) is 4.98 Å². The number of hydrogen-bond acceptors (Lipinski definition) is 5. The third kappa shape index (κ3) is 2.95. The summed E-state index contributed by atoms with van der Waals surface area (Å²) in [4.78, 5) is 16.5. The van der Waals surface area contributed by atoms with Crippen LogP contribution < -0.4 is 5.73 Å². The van der Waals surface area contributed by atoms with Crippen LogP contribution in [-0.2, 0) is 11.3 Å². The summed E-state index contributed by atoms with van der Waals surface area (Å²) in [6.45, 7) is 0.190. The molecule has 4 nitrogen and oxygen atoms in total. The normalized spacial score (nSPS) is 10.2. The summed E-state index contributed by atoms with van der Waals surface area (Å²) in [5.74, 6) is -0.488. The molecule has 0 bridgehead atoms. The van der Waals surface area contributed by atoms with Crippen LogP contribution in [0.4, 0.5) is 5.69 Å². The maximum absolute atomic E-state index is 11.7. The van der Waals surface area contributed by atoms with Gasteiger partial charge in [0.1, 0.15) is 6.61 Å². The van der Waals surface area contributed by atoms with E-state index in [9.17, 15) is 4.79 Å². The van der Waals surface area contributed by atoms with E-state index in [1.54, 1.807) is 23.8 Å². The number of rotatable bonds is 3. The predicted octanol–water partition coefficient (Wildman–Crippen LogP) is 2.74. The van der Waals surface area contributed by atoms with Crippen molar-refractivity contribution in [2.24, 2.45) is 0 Å². The molecule has 1 aromatic heterocycles. The van der Waals surface area contributed by atoms with Gasteiger partial charge in [0, 0.05) is 16.9 Å². The Labute approximate surface area is 107 Å². The molecule has 0 amide bonds. The number of carbonyl (C=O) groups is 1. The standard InChI is InChI=1S/C11H9ClN2O2S/c12-7-1-2-10(13)9(3-7)11(15)16-5-8-4-14-6-17-8/h1-4,6H,5,13H2. The highest BCUT2D eigenvalue weighted by atomic mass is 35.5. The number of esters is 1. The smallest absolute Gasteiger partial charge is 0.340 e. The average molecular weight is 269 g/mol. The summed E-state index contributed by atoms with van der Waals surface area (Å²) in [6.07, 6.45) is 1.65. The molecule has 0 radical (unpaired) electrons. The van der Waals surface area contributed by atoms with Gasteiger partial charge in [0.05, 0.1) is 16.0 Å². The van der Waals surface area contributed by atoms with Gasteiger partial charge in [-0.15, -0.1) is 11.3 Å². The first-order chi connectivity index (χ1) is 8.16. The molecule has 0 spiro atoms. The highest BCUT2D eigenvalue weighted by Crippen LogP contribution is 2.19. The number of carbonyl (C=O) groups excluding carboxylic acids is 1. The van der Waals surface area contributed by atoms with Crippen molar-refractivity contribution >= 4 is 34.6 Å². The van der Waals surface area contributed by atoms with Gasteiger partial charge in [0.2, 0.25) is 0 Å². The Morgan fingerprint density at radius 3 is 3.06 bits per heavy atom. The van der Waals surface area contributed by atoms with Crippen LogP contribution in [0.5, 0.6) is 0 Å². The van der Waals surface area contributed by atoms with Crippen LogP contribution >= 0.6 is 22.9 Å². The van der Waals surface area contributed by atoms with Gasteiger partial charge in [-0.2, -0.15) is 0 Å². The fraction of sp³-hybridized carbons (Fsp3) is 0.0909. The van der Waals surface area contributed by atoms with Crippen molar-refractivity contribution in [3.63, 3.8) is 0 Å². The number of halogens is 1. The number of nitrogen functional groups attached to an aromatic ring is 1. The summed E-state index contributed by atoms with van der Waals surface area (Å²) in [7, 11) is 0. The summed E-state index contributed by atoms with van der Waals surface area (Å²) in [5.41, 5.74) is 7.98. The zero-order valence-electron chi connectivity index (χ0n) is 8.72. The van der Waals surface area contributed by atoms with Crippen LogP contribution in [0.3, 0.4) is 0 Å². The molecule has 1 heterocycles. The van der Waals surface area contributed by atoms with E-state index >= 15 is 0 Å². The lowest BCUT2D eigenvalue weighted by atomic mass is 10.2. The summed E-state index contributed by atoms with van der Waals surface area (Å²) >= 11 is 7.21. The molecule has 17 heavy (non-hydrogen) atoms. The monoisotopic (exact) mass is 268 g/mol. The second-order valence-corrected chi connectivity index (χ2v) is 4.68. The van der Waals surface area contributed by atoms with Crippen molar-refractivity contribution < 1.29 is 9.53 Å². The Kier molecular flexibility index (Phi) is 3.61. The Morgan fingerprint density at radius 2 is 2.35 bits per heavy atom. The van der Waals surface area contributed by atoms with E-state index in [1.165, 1.54) is 17.4 Å². The largest absolute Gasteiger partial charge is 0.456 e. The number of aromatic nitrogens is 1. The topological polar surface area (TPSA) is 65.2 Å². The van der Waals surface area contributed by atoms with Crippen LogP contribution in [0, 0.1) is 0 Å². The van der Waals surface area contributed by atoms with Gasteiger partial charge in [0.25, 0.3) is 0 Å². The average Bonchev–Trinajstić information content (AvgIpc) is 2.82. The maximum atomic E-state index is 11.7. The third-order valence-corrected chi connectivity index (χ3v) is 3.05. The van der Waals surface area contributed by atoms with Crippen LogP contribution in [0.2, 0.25) is 5.02 Å². The van der Waals surface area contributed by atoms with Crippen LogP contribution in [0.25, 0.3) is 0 Å². The Morgan fingerprint density at radius 1 is 1.53 bits per heavy atom. The fourth-order valence-corrected chi connectivity index (χ4v) is 1.91. The quantitative estimate of drug-likeness (QED) is 0.687. The molecule has 6 heteroatoms. The second kappa shape index (κ2) is 5.16. The van der Waals surface area contributed by atoms with E-state index in [4.69, 9.17) is 22.1 Å². The number of ether oxygens (including phenoxy) is 1. The van der Waals surface area contributed by atoms with Gasteiger partial charge in [-0.25, -0.2) is 4.79 Å². The summed E-state index contributed by atoms with van der Waals surface area (Å²) in [6, 6.07) is 4.69. The molecule has 0 aliphatic heterocycles. The van der Waals surface area contributed by atoms with E-state index in [-0.39, 0.29) is 12.2 Å². The Bertz CT molecular complexity index is 528. The van der Waals surface area contributed by atoms with Crippen molar-refractivity contribution in [2.45, 2.75) is 6.61 Å². The Balaban J connectivity index is 2.07. The minimum absolute atomic E-state index is 0.190. The molecule has 0 aliphatic rings. The molecule has 0 saturated heterocycles.